The van der Waals surface area contributed by atoms with E-state index in [2.05, 4.69) is 23.5 Å². The third-order valence-corrected chi connectivity index (χ3v) is 3.07. The Bertz CT molecular complexity index is 529. The normalized spacial score (nSPS) is 9.81. The molecule has 0 aromatic heterocycles. The average Bonchev–Trinajstić information content (AvgIpc) is 2.50. The second-order valence-corrected chi connectivity index (χ2v) is 4.49. The van der Waals surface area contributed by atoms with Gasteiger partial charge in [-0.15, -0.1) is 12.4 Å². The van der Waals surface area contributed by atoms with Gasteiger partial charge >= 0.3 is 0 Å². The molecule has 0 amide bonds. The summed E-state index contributed by atoms with van der Waals surface area (Å²) >= 11 is 0. The van der Waals surface area contributed by atoms with Gasteiger partial charge in [0.15, 0.2) is 0 Å². The Kier molecular flexibility index (Phi) is 7.65. The van der Waals surface area contributed by atoms with Crippen LogP contribution < -0.4 is 14.8 Å². The lowest BCUT2D eigenvalue weighted by atomic mass is 10.2. The first-order valence-electron chi connectivity index (χ1n) is 6.88. The maximum atomic E-state index is 5.43. The van der Waals surface area contributed by atoms with E-state index < -0.39 is 0 Å². The van der Waals surface area contributed by atoms with Crippen LogP contribution in [0.25, 0.3) is 0 Å². The van der Waals surface area contributed by atoms with Crippen molar-refractivity contribution in [1.29, 1.82) is 0 Å². The van der Waals surface area contributed by atoms with E-state index >= 15 is 0 Å². The molecule has 3 nitrogen and oxygen atoms in total. The first-order chi connectivity index (χ1) is 9.83. The molecule has 4 heteroatoms. The van der Waals surface area contributed by atoms with Crippen molar-refractivity contribution in [2.24, 2.45) is 0 Å². The Morgan fingerprint density at radius 1 is 0.952 bits per heavy atom. The van der Waals surface area contributed by atoms with E-state index in [0.717, 1.165) is 24.6 Å². The summed E-state index contributed by atoms with van der Waals surface area (Å²) in [7, 11) is 1.70. The molecule has 0 unspecified atom stereocenters. The maximum absolute atomic E-state index is 5.43. The number of para-hydroxylation sites is 1. The highest BCUT2D eigenvalue weighted by Crippen LogP contribution is 2.17. The second-order valence-electron chi connectivity index (χ2n) is 4.49. The van der Waals surface area contributed by atoms with Crippen molar-refractivity contribution in [3.8, 4) is 11.5 Å². The zero-order valence-electron chi connectivity index (χ0n) is 12.5. The molecule has 2 aromatic rings. The fourth-order valence-corrected chi connectivity index (χ4v) is 2.06. The van der Waals surface area contributed by atoms with Crippen LogP contribution in [-0.4, -0.2) is 13.7 Å². The number of nitrogens with one attached hydrogen (secondary N) is 1. The van der Waals surface area contributed by atoms with Crippen LogP contribution in [0.15, 0.2) is 48.5 Å². The number of halogens is 1. The smallest absolute Gasteiger partial charge is 0.123 e. The highest BCUT2D eigenvalue weighted by Gasteiger charge is 2.01. The van der Waals surface area contributed by atoms with E-state index in [1.165, 1.54) is 11.1 Å². The average molecular weight is 308 g/mol. The van der Waals surface area contributed by atoms with E-state index in [-0.39, 0.29) is 12.4 Å². The molecule has 21 heavy (non-hydrogen) atoms. The van der Waals surface area contributed by atoms with E-state index in [1.54, 1.807) is 7.11 Å². The van der Waals surface area contributed by atoms with Crippen molar-refractivity contribution >= 4 is 12.4 Å². The standard InChI is InChI=1S/C17H21NO2.ClH/c1-3-20-16-10-8-14(9-11-16)12-18-13-15-6-4-5-7-17(15)19-2;/h4-11,18H,3,12-13H2,1-2H3;1H. The van der Waals surface area contributed by atoms with Gasteiger partial charge in [0.1, 0.15) is 11.5 Å². The van der Waals surface area contributed by atoms with Gasteiger partial charge in [-0.1, -0.05) is 30.3 Å². The lowest BCUT2D eigenvalue weighted by Crippen LogP contribution is -2.13. The van der Waals surface area contributed by atoms with E-state index in [4.69, 9.17) is 9.47 Å². The van der Waals surface area contributed by atoms with Crippen LogP contribution in [0.5, 0.6) is 11.5 Å². The fourth-order valence-electron chi connectivity index (χ4n) is 2.06. The predicted molar refractivity (Wildman–Crippen MR) is 88.4 cm³/mol. The molecule has 0 fully saturated rings. The van der Waals surface area contributed by atoms with Crippen LogP contribution in [0.4, 0.5) is 0 Å². The minimum absolute atomic E-state index is 0. The SMILES string of the molecule is CCOc1ccc(CNCc2ccccc2OC)cc1.Cl. The summed E-state index contributed by atoms with van der Waals surface area (Å²) in [6, 6.07) is 16.2. The van der Waals surface area contributed by atoms with Crippen LogP contribution in [0, 0.1) is 0 Å². The molecule has 1 N–H and O–H groups in total. The van der Waals surface area contributed by atoms with Gasteiger partial charge in [0.25, 0.3) is 0 Å². The molecule has 0 aliphatic rings. The highest BCUT2D eigenvalue weighted by molar-refractivity contribution is 5.85. The van der Waals surface area contributed by atoms with Crippen LogP contribution in [0.1, 0.15) is 18.1 Å². The summed E-state index contributed by atoms with van der Waals surface area (Å²) in [5, 5.41) is 3.42. The molecule has 0 heterocycles. The molecule has 2 aromatic carbocycles. The largest absolute Gasteiger partial charge is 0.496 e. The molecule has 0 saturated carbocycles. The number of benzene rings is 2. The van der Waals surface area contributed by atoms with Gasteiger partial charge in [-0.25, -0.2) is 0 Å². The van der Waals surface area contributed by atoms with Gasteiger partial charge in [0.05, 0.1) is 13.7 Å². The monoisotopic (exact) mass is 307 g/mol. The number of ether oxygens (including phenoxy) is 2. The number of methoxy groups -OCH3 is 1. The van der Waals surface area contributed by atoms with Gasteiger partial charge in [-0.2, -0.15) is 0 Å². The van der Waals surface area contributed by atoms with Crippen molar-refractivity contribution in [3.63, 3.8) is 0 Å². The van der Waals surface area contributed by atoms with Crippen LogP contribution in [0.2, 0.25) is 0 Å². The van der Waals surface area contributed by atoms with Crippen molar-refractivity contribution in [3.05, 3.63) is 59.7 Å². The first-order valence-corrected chi connectivity index (χ1v) is 6.88. The van der Waals surface area contributed by atoms with Crippen molar-refractivity contribution in [2.75, 3.05) is 13.7 Å². The molecule has 2 rings (SSSR count). The minimum Gasteiger partial charge on any atom is -0.496 e. The van der Waals surface area contributed by atoms with Gasteiger partial charge in [0, 0.05) is 18.7 Å². The zero-order chi connectivity index (χ0) is 14.2. The van der Waals surface area contributed by atoms with Crippen molar-refractivity contribution in [1.82, 2.24) is 5.32 Å². The van der Waals surface area contributed by atoms with E-state index in [1.807, 2.05) is 37.3 Å². The summed E-state index contributed by atoms with van der Waals surface area (Å²) in [5.41, 5.74) is 2.41. The number of hydrogen-bond donors (Lipinski definition) is 1. The van der Waals surface area contributed by atoms with Crippen LogP contribution in [0.3, 0.4) is 0 Å². The molecular formula is C17H22ClNO2. The summed E-state index contributed by atoms with van der Waals surface area (Å²) in [6.45, 7) is 4.30. The molecule has 0 bridgehead atoms. The Balaban J connectivity index is 0.00000220. The highest BCUT2D eigenvalue weighted by atomic mass is 35.5. The maximum Gasteiger partial charge on any atom is 0.123 e. The van der Waals surface area contributed by atoms with Crippen molar-refractivity contribution < 1.29 is 9.47 Å². The van der Waals surface area contributed by atoms with Gasteiger partial charge in [-0.3, -0.25) is 0 Å². The predicted octanol–water partition coefficient (Wildman–Crippen LogP) is 3.81. The Morgan fingerprint density at radius 3 is 2.33 bits per heavy atom. The molecule has 0 aliphatic carbocycles. The van der Waals surface area contributed by atoms with Gasteiger partial charge in [0.2, 0.25) is 0 Å². The van der Waals surface area contributed by atoms with Gasteiger partial charge < -0.3 is 14.8 Å². The van der Waals surface area contributed by atoms with Gasteiger partial charge in [-0.05, 0) is 30.7 Å². The summed E-state index contributed by atoms with van der Waals surface area (Å²) in [6.07, 6.45) is 0. The number of hydrogen-bond acceptors (Lipinski definition) is 3. The first kappa shape index (κ1) is 17.3. The lowest BCUT2D eigenvalue weighted by Gasteiger charge is -2.10. The molecule has 0 spiro atoms. The Morgan fingerprint density at radius 2 is 1.67 bits per heavy atom. The van der Waals surface area contributed by atoms with Crippen LogP contribution >= 0.6 is 12.4 Å². The minimum atomic E-state index is 0. The molecule has 0 saturated heterocycles. The van der Waals surface area contributed by atoms with E-state index in [9.17, 15) is 0 Å². The Labute approximate surface area is 132 Å². The summed E-state index contributed by atoms with van der Waals surface area (Å²) in [5.74, 6) is 1.84. The molecule has 114 valence electrons. The topological polar surface area (TPSA) is 30.5 Å². The summed E-state index contributed by atoms with van der Waals surface area (Å²) in [4.78, 5) is 0. The van der Waals surface area contributed by atoms with Crippen molar-refractivity contribution in [2.45, 2.75) is 20.0 Å². The summed E-state index contributed by atoms with van der Waals surface area (Å²) < 4.78 is 10.8. The van der Waals surface area contributed by atoms with Crippen LogP contribution in [-0.2, 0) is 13.1 Å². The van der Waals surface area contributed by atoms with E-state index in [0.29, 0.717) is 6.61 Å². The zero-order valence-corrected chi connectivity index (χ0v) is 13.3. The number of rotatable bonds is 7. The molecule has 0 atom stereocenters. The molecule has 0 aliphatic heterocycles. The third kappa shape index (κ3) is 5.29. The third-order valence-electron chi connectivity index (χ3n) is 3.07. The Hall–Kier alpha value is -1.71. The molecule has 0 radical (unpaired) electrons. The molecular weight excluding hydrogens is 286 g/mol. The second kappa shape index (κ2) is 9.27. The lowest BCUT2D eigenvalue weighted by molar-refractivity contribution is 0.340. The fraction of sp³-hybridized carbons (Fsp3) is 0.294. The quantitative estimate of drug-likeness (QED) is 0.844.